The second-order valence-corrected chi connectivity index (χ2v) is 6.02. The molecule has 1 aliphatic heterocycles. The Labute approximate surface area is 127 Å². The maximum absolute atomic E-state index is 5.41. The lowest BCUT2D eigenvalue weighted by Gasteiger charge is -2.21. The maximum atomic E-state index is 5.41. The van der Waals surface area contributed by atoms with Crippen LogP contribution in [0.25, 0.3) is 0 Å². The van der Waals surface area contributed by atoms with E-state index in [2.05, 4.69) is 42.3 Å². The van der Waals surface area contributed by atoms with Gasteiger partial charge in [-0.2, -0.15) is 0 Å². The van der Waals surface area contributed by atoms with Gasteiger partial charge in [-0.3, -0.25) is 0 Å². The van der Waals surface area contributed by atoms with Gasteiger partial charge in [-0.05, 0) is 62.6 Å². The summed E-state index contributed by atoms with van der Waals surface area (Å²) in [4.78, 5) is 2.48. The van der Waals surface area contributed by atoms with Gasteiger partial charge in [-0.25, -0.2) is 0 Å². The Morgan fingerprint density at radius 2 is 2.05 bits per heavy atom. The zero-order chi connectivity index (χ0) is 14.7. The average molecular weight is 284 g/mol. The minimum atomic E-state index is 0.354. The third-order valence-electron chi connectivity index (χ3n) is 4.17. The summed E-state index contributed by atoms with van der Waals surface area (Å²) in [6.45, 7) is 6.76. The second kappa shape index (κ2) is 6.25. The molecule has 0 bridgehead atoms. The second-order valence-electron chi connectivity index (χ2n) is 6.02. The summed E-state index contributed by atoms with van der Waals surface area (Å²) in [7, 11) is 0. The van der Waals surface area contributed by atoms with Crippen molar-refractivity contribution in [3.05, 3.63) is 47.9 Å². The monoisotopic (exact) mass is 284 g/mol. The Hall–Kier alpha value is -1.90. The molecular weight excluding hydrogens is 260 g/mol. The van der Waals surface area contributed by atoms with E-state index < -0.39 is 0 Å². The quantitative estimate of drug-likeness (QED) is 0.890. The standard InChI is InChI=1S/C18H24N2O/c1-14-12-16(20-9-3-4-10-20)7-8-18(14)19-15(2)13-17-6-5-11-21-17/h5-8,11-12,15,19H,3-4,9-10,13H2,1-2H3. The topological polar surface area (TPSA) is 28.4 Å². The van der Waals surface area contributed by atoms with E-state index in [1.54, 1.807) is 6.26 Å². The normalized spacial score (nSPS) is 16.2. The molecule has 1 N–H and O–H groups in total. The Bertz CT molecular complexity index is 571. The Morgan fingerprint density at radius 1 is 1.24 bits per heavy atom. The first-order valence-electron chi connectivity index (χ1n) is 7.87. The highest BCUT2D eigenvalue weighted by molar-refractivity contribution is 5.60. The van der Waals surface area contributed by atoms with E-state index in [1.807, 2.05) is 12.1 Å². The highest BCUT2D eigenvalue weighted by Crippen LogP contribution is 2.26. The predicted octanol–water partition coefficient (Wildman–Crippen LogP) is 4.23. The molecule has 3 rings (SSSR count). The average Bonchev–Trinajstić information content (AvgIpc) is 3.13. The van der Waals surface area contributed by atoms with Crippen molar-refractivity contribution in [3.63, 3.8) is 0 Å². The van der Waals surface area contributed by atoms with Crippen molar-refractivity contribution >= 4 is 11.4 Å². The molecule has 1 saturated heterocycles. The number of hydrogen-bond acceptors (Lipinski definition) is 3. The molecule has 1 aliphatic rings. The van der Waals surface area contributed by atoms with Crippen molar-refractivity contribution in [2.75, 3.05) is 23.3 Å². The van der Waals surface area contributed by atoms with Gasteiger partial charge < -0.3 is 14.6 Å². The van der Waals surface area contributed by atoms with E-state index in [0.29, 0.717) is 6.04 Å². The van der Waals surface area contributed by atoms with Crippen molar-refractivity contribution in [1.82, 2.24) is 0 Å². The number of rotatable bonds is 5. The minimum Gasteiger partial charge on any atom is -0.469 e. The van der Waals surface area contributed by atoms with Crippen LogP contribution < -0.4 is 10.2 Å². The van der Waals surface area contributed by atoms with Crippen LogP contribution in [-0.2, 0) is 6.42 Å². The zero-order valence-corrected chi connectivity index (χ0v) is 12.9. The lowest BCUT2D eigenvalue weighted by atomic mass is 10.1. The fraction of sp³-hybridized carbons (Fsp3) is 0.444. The van der Waals surface area contributed by atoms with Gasteiger partial charge in [-0.1, -0.05) is 0 Å². The van der Waals surface area contributed by atoms with Crippen molar-refractivity contribution in [1.29, 1.82) is 0 Å². The maximum Gasteiger partial charge on any atom is 0.105 e. The lowest BCUT2D eigenvalue weighted by molar-refractivity contribution is 0.498. The molecule has 112 valence electrons. The van der Waals surface area contributed by atoms with Crippen LogP contribution in [-0.4, -0.2) is 19.1 Å². The molecule has 3 heteroatoms. The molecule has 2 heterocycles. The predicted molar refractivity (Wildman–Crippen MR) is 88.1 cm³/mol. The van der Waals surface area contributed by atoms with E-state index in [0.717, 1.165) is 12.2 Å². The largest absolute Gasteiger partial charge is 0.469 e. The summed E-state index contributed by atoms with van der Waals surface area (Å²) in [6.07, 6.45) is 5.27. The molecule has 1 unspecified atom stereocenters. The molecule has 3 nitrogen and oxygen atoms in total. The summed E-state index contributed by atoms with van der Waals surface area (Å²) < 4.78 is 5.41. The van der Waals surface area contributed by atoms with Crippen LogP contribution >= 0.6 is 0 Å². The van der Waals surface area contributed by atoms with Gasteiger partial charge in [0.05, 0.1) is 6.26 Å². The van der Waals surface area contributed by atoms with Crippen LogP contribution in [0, 0.1) is 6.92 Å². The van der Waals surface area contributed by atoms with Crippen LogP contribution in [0.2, 0.25) is 0 Å². The van der Waals surface area contributed by atoms with Gasteiger partial charge in [0.2, 0.25) is 0 Å². The Balaban J connectivity index is 1.65. The molecule has 2 aromatic rings. The first-order valence-corrected chi connectivity index (χ1v) is 7.87. The molecule has 1 fully saturated rings. The fourth-order valence-corrected chi connectivity index (χ4v) is 3.03. The Morgan fingerprint density at radius 3 is 2.71 bits per heavy atom. The molecular formula is C18H24N2O. The van der Waals surface area contributed by atoms with Gasteiger partial charge in [0.1, 0.15) is 5.76 Å². The lowest BCUT2D eigenvalue weighted by Crippen LogP contribution is -2.20. The van der Waals surface area contributed by atoms with Crippen LogP contribution in [0.4, 0.5) is 11.4 Å². The summed E-state index contributed by atoms with van der Waals surface area (Å²) >= 11 is 0. The Kier molecular flexibility index (Phi) is 4.18. The fourth-order valence-electron chi connectivity index (χ4n) is 3.03. The van der Waals surface area contributed by atoms with Crippen molar-refractivity contribution in [2.45, 2.75) is 39.2 Å². The van der Waals surface area contributed by atoms with Gasteiger partial charge >= 0.3 is 0 Å². The van der Waals surface area contributed by atoms with E-state index in [9.17, 15) is 0 Å². The van der Waals surface area contributed by atoms with E-state index in [1.165, 1.54) is 42.9 Å². The van der Waals surface area contributed by atoms with E-state index >= 15 is 0 Å². The van der Waals surface area contributed by atoms with Crippen LogP contribution in [0.5, 0.6) is 0 Å². The number of nitrogens with one attached hydrogen (secondary N) is 1. The molecule has 0 radical (unpaired) electrons. The van der Waals surface area contributed by atoms with E-state index in [4.69, 9.17) is 4.42 Å². The first kappa shape index (κ1) is 14.1. The summed E-state index contributed by atoms with van der Waals surface area (Å²) in [6, 6.07) is 11.1. The number of nitrogens with zero attached hydrogens (tertiary/aromatic N) is 1. The molecule has 0 spiro atoms. The van der Waals surface area contributed by atoms with Crippen LogP contribution in [0.15, 0.2) is 41.0 Å². The number of benzene rings is 1. The van der Waals surface area contributed by atoms with Crippen molar-refractivity contribution in [2.24, 2.45) is 0 Å². The molecule has 1 aromatic heterocycles. The number of anilines is 2. The third kappa shape index (κ3) is 3.41. The molecule has 0 aliphatic carbocycles. The van der Waals surface area contributed by atoms with Gasteiger partial charge in [-0.15, -0.1) is 0 Å². The molecule has 1 aromatic carbocycles. The van der Waals surface area contributed by atoms with Gasteiger partial charge in [0.15, 0.2) is 0 Å². The highest BCUT2D eigenvalue weighted by atomic mass is 16.3. The highest BCUT2D eigenvalue weighted by Gasteiger charge is 2.13. The minimum absolute atomic E-state index is 0.354. The zero-order valence-electron chi connectivity index (χ0n) is 12.9. The summed E-state index contributed by atoms with van der Waals surface area (Å²) in [5, 5.41) is 3.59. The van der Waals surface area contributed by atoms with E-state index in [-0.39, 0.29) is 0 Å². The number of furan rings is 1. The van der Waals surface area contributed by atoms with Crippen molar-refractivity contribution in [3.8, 4) is 0 Å². The molecule has 0 saturated carbocycles. The number of hydrogen-bond donors (Lipinski definition) is 1. The van der Waals surface area contributed by atoms with Crippen molar-refractivity contribution < 1.29 is 4.42 Å². The molecule has 21 heavy (non-hydrogen) atoms. The number of aryl methyl sites for hydroxylation is 1. The SMILES string of the molecule is Cc1cc(N2CCCC2)ccc1NC(C)Cc1ccco1. The van der Waals surface area contributed by atoms with Gasteiger partial charge in [0, 0.05) is 36.9 Å². The first-order chi connectivity index (χ1) is 10.2. The van der Waals surface area contributed by atoms with Gasteiger partial charge in [0.25, 0.3) is 0 Å². The van der Waals surface area contributed by atoms with Crippen LogP contribution in [0.3, 0.4) is 0 Å². The molecule has 1 atom stereocenters. The summed E-state index contributed by atoms with van der Waals surface area (Å²) in [5.41, 5.74) is 3.89. The van der Waals surface area contributed by atoms with Crippen LogP contribution in [0.1, 0.15) is 31.1 Å². The third-order valence-corrected chi connectivity index (χ3v) is 4.17. The smallest absolute Gasteiger partial charge is 0.105 e. The summed E-state index contributed by atoms with van der Waals surface area (Å²) in [5.74, 6) is 1.03. The molecule has 0 amide bonds.